The zero-order valence-corrected chi connectivity index (χ0v) is 9.21. The second-order valence-electron chi connectivity index (χ2n) is 2.94. The summed E-state index contributed by atoms with van der Waals surface area (Å²) in [6, 6.07) is 0. The van der Waals surface area contributed by atoms with E-state index in [1.165, 1.54) is 0 Å². The van der Waals surface area contributed by atoms with E-state index < -0.39 is 0 Å². The van der Waals surface area contributed by atoms with E-state index in [1.54, 1.807) is 22.7 Å². The Morgan fingerprint density at radius 3 is 1.77 bits per heavy atom. The summed E-state index contributed by atoms with van der Waals surface area (Å²) in [5.74, 6) is 0. The van der Waals surface area contributed by atoms with Crippen molar-refractivity contribution in [2.45, 2.75) is 20.3 Å². The number of hydrogen-bond donors (Lipinski definition) is 0. The molecule has 4 heteroatoms. The van der Waals surface area contributed by atoms with E-state index in [0.29, 0.717) is 0 Å². The van der Waals surface area contributed by atoms with E-state index >= 15 is 0 Å². The molecule has 0 radical (unpaired) electrons. The van der Waals surface area contributed by atoms with Crippen LogP contribution in [0.2, 0.25) is 0 Å². The largest absolute Gasteiger partial charge is 0.246 e. The number of thiazole rings is 2. The maximum atomic E-state index is 4.40. The fraction of sp³-hybridized carbons (Fsp3) is 0.333. The Labute approximate surface area is 85.3 Å². The molecule has 0 aliphatic heterocycles. The van der Waals surface area contributed by atoms with Crippen LogP contribution >= 0.6 is 22.7 Å². The van der Waals surface area contributed by atoms with Gasteiger partial charge in [-0.25, -0.2) is 9.97 Å². The molecule has 2 nitrogen and oxygen atoms in total. The van der Waals surface area contributed by atoms with Gasteiger partial charge in [0.2, 0.25) is 0 Å². The van der Waals surface area contributed by atoms with Crippen molar-refractivity contribution < 1.29 is 0 Å². The summed E-state index contributed by atoms with van der Waals surface area (Å²) in [5.41, 5.74) is 2.21. The normalized spacial score (nSPS) is 10.6. The molecule has 68 valence electrons. The fourth-order valence-corrected chi connectivity index (χ4v) is 2.74. The van der Waals surface area contributed by atoms with Crippen molar-refractivity contribution in [1.29, 1.82) is 0 Å². The summed E-state index contributed by atoms with van der Waals surface area (Å²) in [6.45, 7) is 4.04. The van der Waals surface area contributed by atoms with Crippen LogP contribution in [0.1, 0.15) is 21.4 Å². The molecule has 0 aliphatic carbocycles. The standard InChI is InChI=1S/C9H10N2S2/c1-6-4-12-8(10-6)3-9-11-7(2)5-13-9/h4-5H,3H2,1-2H3. The van der Waals surface area contributed by atoms with Crippen LogP contribution in [0.4, 0.5) is 0 Å². The highest BCUT2D eigenvalue weighted by molar-refractivity contribution is 7.11. The molecule has 0 aliphatic rings. The third-order valence-corrected chi connectivity index (χ3v) is 3.57. The Morgan fingerprint density at radius 1 is 1.00 bits per heavy atom. The van der Waals surface area contributed by atoms with Crippen LogP contribution in [0.25, 0.3) is 0 Å². The third-order valence-electron chi connectivity index (χ3n) is 1.64. The lowest BCUT2D eigenvalue weighted by Gasteiger charge is -1.89. The van der Waals surface area contributed by atoms with E-state index in [1.807, 2.05) is 13.8 Å². The molecule has 0 saturated carbocycles. The summed E-state index contributed by atoms with van der Waals surface area (Å²) in [6.07, 6.45) is 0.886. The van der Waals surface area contributed by atoms with Gasteiger partial charge >= 0.3 is 0 Å². The van der Waals surface area contributed by atoms with Crippen LogP contribution in [0.15, 0.2) is 10.8 Å². The summed E-state index contributed by atoms with van der Waals surface area (Å²) in [5, 5.41) is 6.48. The van der Waals surface area contributed by atoms with Crippen molar-refractivity contribution in [1.82, 2.24) is 9.97 Å². The Kier molecular flexibility index (Phi) is 2.42. The van der Waals surface area contributed by atoms with Gasteiger partial charge in [0.1, 0.15) is 0 Å². The first-order chi connectivity index (χ1) is 6.24. The van der Waals surface area contributed by atoms with Gasteiger partial charge in [-0.05, 0) is 13.8 Å². The van der Waals surface area contributed by atoms with E-state index in [-0.39, 0.29) is 0 Å². The van der Waals surface area contributed by atoms with Crippen LogP contribution in [0.5, 0.6) is 0 Å². The molecular weight excluding hydrogens is 200 g/mol. The van der Waals surface area contributed by atoms with Gasteiger partial charge in [0.05, 0.1) is 16.4 Å². The summed E-state index contributed by atoms with van der Waals surface area (Å²) >= 11 is 3.42. The van der Waals surface area contributed by atoms with Crippen molar-refractivity contribution in [2.75, 3.05) is 0 Å². The molecule has 0 fully saturated rings. The molecule has 0 N–H and O–H groups in total. The van der Waals surface area contributed by atoms with E-state index in [9.17, 15) is 0 Å². The van der Waals surface area contributed by atoms with E-state index in [4.69, 9.17) is 0 Å². The molecule has 0 saturated heterocycles. The highest BCUT2D eigenvalue weighted by Crippen LogP contribution is 2.17. The maximum Gasteiger partial charge on any atom is 0.0996 e. The molecule has 13 heavy (non-hydrogen) atoms. The van der Waals surface area contributed by atoms with Gasteiger partial charge in [0, 0.05) is 22.1 Å². The Bertz CT molecular complexity index is 365. The molecular formula is C9H10N2S2. The lowest BCUT2D eigenvalue weighted by molar-refractivity contribution is 1.06. The first kappa shape index (κ1) is 8.84. The lowest BCUT2D eigenvalue weighted by Crippen LogP contribution is -1.86. The van der Waals surface area contributed by atoms with Crippen molar-refractivity contribution in [3.63, 3.8) is 0 Å². The molecule has 0 bridgehead atoms. The number of hydrogen-bond acceptors (Lipinski definition) is 4. The average molecular weight is 210 g/mol. The highest BCUT2D eigenvalue weighted by Gasteiger charge is 2.03. The van der Waals surface area contributed by atoms with Gasteiger partial charge in [-0.3, -0.25) is 0 Å². The second-order valence-corrected chi connectivity index (χ2v) is 4.83. The van der Waals surface area contributed by atoms with Crippen LogP contribution in [-0.4, -0.2) is 9.97 Å². The highest BCUT2D eigenvalue weighted by atomic mass is 32.1. The molecule has 0 spiro atoms. The van der Waals surface area contributed by atoms with E-state index in [0.717, 1.165) is 27.8 Å². The van der Waals surface area contributed by atoms with Crippen LogP contribution in [-0.2, 0) is 6.42 Å². The van der Waals surface area contributed by atoms with Gasteiger partial charge in [-0.1, -0.05) is 0 Å². The molecule has 0 aromatic carbocycles. The van der Waals surface area contributed by atoms with E-state index in [2.05, 4.69) is 20.7 Å². The quantitative estimate of drug-likeness (QED) is 0.761. The predicted molar refractivity (Wildman–Crippen MR) is 56.5 cm³/mol. The minimum atomic E-state index is 0.886. The van der Waals surface area contributed by atoms with Gasteiger partial charge < -0.3 is 0 Å². The number of nitrogens with zero attached hydrogens (tertiary/aromatic N) is 2. The van der Waals surface area contributed by atoms with Crippen molar-refractivity contribution in [3.8, 4) is 0 Å². The van der Waals surface area contributed by atoms with Crippen LogP contribution < -0.4 is 0 Å². The predicted octanol–water partition coefficient (Wildman–Crippen LogP) is 2.81. The maximum absolute atomic E-state index is 4.40. The minimum absolute atomic E-state index is 0.886. The minimum Gasteiger partial charge on any atom is -0.246 e. The lowest BCUT2D eigenvalue weighted by atomic mass is 10.4. The van der Waals surface area contributed by atoms with Crippen molar-refractivity contribution >= 4 is 22.7 Å². The van der Waals surface area contributed by atoms with Gasteiger partial charge in [0.15, 0.2) is 0 Å². The first-order valence-electron chi connectivity index (χ1n) is 4.06. The Morgan fingerprint density at radius 2 is 1.46 bits per heavy atom. The van der Waals surface area contributed by atoms with Crippen molar-refractivity contribution in [3.05, 3.63) is 32.2 Å². The molecule has 2 aromatic rings. The van der Waals surface area contributed by atoms with Gasteiger partial charge in [0.25, 0.3) is 0 Å². The molecule has 0 amide bonds. The average Bonchev–Trinajstić information content (AvgIpc) is 2.62. The summed E-state index contributed by atoms with van der Waals surface area (Å²) in [7, 11) is 0. The Balaban J connectivity index is 2.14. The molecule has 0 unspecified atom stereocenters. The van der Waals surface area contributed by atoms with Crippen LogP contribution in [0.3, 0.4) is 0 Å². The number of aryl methyl sites for hydroxylation is 2. The SMILES string of the molecule is Cc1csc(Cc2nc(C)cs2)n1. The second kappa shape index (κ2) is 3.55. The topological polar surface area (TPSA) is 25.8 Å². The van der Waals surface area contributed by atoms with Gasteiger partial charge in [-0.2, -0.15) is 0 Å². The number of aromatic nitrogens is 2. The van der Waals surface area contributed by atoms with Crippen molar-refractivity contribution in [2.24, 2.45) is 0 Å². The molecule has 0 atom stereocenters. The Hall–Kier alpha value is -0.740. The summed E-state index contributed by atoms with van der Waals surface area (Å²) < 4.78 is 0. The zero-order valence-electron chi connectivity index (χ0n) is 7.57. The smallest absolute Gasteiger partial charge is 0.0996 e. The fourth-order valence-electron chi connectivity index (χ4n) is 1.10. The van der Waals surface area contributed by atoms with Crippen LogP contribution in [0, 0.1) is 13.8 Å². The van der Waals surface area contributed by atoms with Gasteiger partial charge in [-0.15, -0.1) is 22.7 Å². The zero-order chi connectivity index (χ0) is 9.26. The third kappa shape index (κ3) is 2.14. The molecule has 2 rings (SSSR count). The molecule has 2 heterocycles. The first-order valence-corrected chi connectivity index (χ1v) is 5.82. The molecule has 2 aromatic heterocycles. The summed E-state index contributed by atoms with van der Waals surface area (Å²) in [4.78, 5) is 8.80. The monoisotopic (exact) mass is 210 g/mol. The number of rotatable bonds is 2.